The topological polar surface area (TPSA) is 71.1 Å². The lowest BCUT2D eigenvalue weighted by Gasteiger charge is -2.36. The number of aryl methyl sites for hydroxylation is 1. The van der Waals surface area contributed by atoms with Crippen LogP contribution in [-0.2, 0) is 11.2 Å². The minimum absolute atomic E-state index is 0.0538. The lowest BCUT2D eigenvalue weighted by molar-refractivity contribution is -0.131. The Kier molecular flexibility index (Phi) is 5.68. The molecule has 6 heteroatoms. The van der Waals surface area contributed by atoms with Crippen molar-refractivity contribution in [1.29, 1.82) is 10.5 Å². The fourth-order valence-corrected chi connectivity index (χ4v) is 3.24. The molecule has 0 unspecified atom stereocenters. The van der Waals surface area contributed by atoms with Crippen molar-refractivity contribution in [2.75, 3.05) is 31.1 Å². The number of rotatable bonds is 4. The lowest BCUT2D eigenvalue weighted by Crippen LogP contribution is -2.49. The van der Waals surface area contributed by atoms with Gasteiger partial charge in [0, 0.05) is 32.6 Å². The Bertz CT molecular complexity index is 903. The van der Waals surface area contributed by atoms with E-state index < -0.39 is 5.82 Å². The number of hydrogen-bond donors (Lipinski definition) is 0. The highest BCUT2D eigenvalue weighted by molar-refractivity contribution is 5.77. The highest BCUT2D eigenvalue weighted by Crippen LogP contribution is 2.24. The third kappa shape index (κ3) is 4.24. The van der Waals surface area contributed by atoms with Crippen LogP contribution in [0.25, 0.3) is 0 Å². The average molecular weight is 362 g/mol. The molecule has 0 bridgehead atoms. The van der Waals surface area contributed by atoms with Gasteiger partial charge in [-0.3, -0.25) is 4.79 Å². The van der Waals surface area contributed by atoms with E-state index in [-0.39, 0.29) is 11.5 Å². The van der Waals surface area contributed by atoms with E-state index in [1.807, 2.05) is 28.0 Å². The third-order valence-corrected chi connectivity index (χ3v) is 4.79. The first-order valence-electron chi connectivity index (χ1n) is 8.82. The van der Waals surface area contributed by atoms with Crippen LogP contribution < -0.4 is 4.90 Å². The average Bonchev–Trinajstić information content (AvgIpc) is 2.72. The maximum atomic E-state index is 13.8. The summed E-state index contributed by atoms with van der Waals surface area (Å²) >= 11 is 0. The van der Waals surface area contributed by atoms with Gasteiger partial charge in [0.15, 0.2) is 0 Å². The van der Waals surface area contributed by atoms with Crippen molar-refractivity contribution < 1.29 is 9.18 Å². The fourth-order valence-electron chi connectivity index (χ4n) is 3.24. The quantitative estimate of drug-likeness (QED) is 0.838. The monoisotopic (exact) mass is 362 g/mol. The minimum atomic E-state index is -0.518. The Hall–Kier alpha value is -3.38. The maximum absolute atomic E-state index is 13.8. The number of carbonyl (C=O) groups excluding carboxylic acids is 1. The van der Waals surface area contributed by atoms with Gasteiger partial charge in [-0.15, -0.1) is 0 Å². The number of benzene rings is 2. The second kappa shape index (κ2) is 8.33. The van der Waals surface area contributed by atoms with Gasteiger partial charge < -0.3 is 9.80 Å². The summed E-state index contributed by atoms with van der Waals surface area (Å²) in [6.07, 6.45) is 1.04. The van der Waals surface area contributed by atoms with Gasteiger partial charge in [-0.2, -0.15) is 10.5 Å². The first-order chi connectivity index (χ1) is 13.1. The standard InChI is InChI=1S/C21H19FN4O/c22-19-2-1-3-20(18(19)15-24)25-10-12-26(13-11-25)21(27)9-8-16-4-6-17(14-23)7-5-16/h1-7H,8-13H2. The Labute approximate surface area is 157 Å². The second-order valence-corrected chi connectivity index (χ2v) is 6.42. The van der Waals surface area contributed by atoms with Gasteiger partial charge in [0.1, 0.15) is 17.4 Å². The summed E-state index contributed by atoms with van der Waals surface area (Å²) < 4.78 is 13.8. The normalized spacial score (nSPS) is 13.7. The molecule has 2 aromatic rings. The largest absolute Gasteiger partial charge is 0.367 e. The molecule has 0 radical (unpaired) electrons. The van der Waals surface area contributed by atoms with Crippen LogP contribution >= 0.6 is 0 Å². The molecule has 5 nitrogen and oxygen atoms in total. The van der Waals surface area contributed by atoms with Gasteiger partial charge in [-0.25, -0.2) is 4.39 Å². The molecular formula is C21H19FN4O. The Morgan fingerprint density at radius 3 is 2.33 bits per heavy atom. The van der Waals surface area contributed by atoms with Crippen molar-refractivity contribution in [3.05, 3.63) is 65.0 Å². The van der Waals surface area contributed by atoms with Gasteiger partial charge >= 0.3 is 0 Å². The first kappa shape index (κ1) is 18.4. The number of carbonyl (C=O) groups is 1. The summed E-state index contributed by atoms with van der Waals surface area (Å²) in [5.41, 5.74) is 2.27. The van der Waals surface area contributed by atoms with Gasteiger partial charge in [0.2, 0.25) is 5.91 Å². The molecule has 1 aliphatic heterocycles. The summed E-state index contributed by atoms with van der Waals surface area (Å²) in [6, 6.07) is 15.9. The predicted molar refractivity (Wildman–Crippen MR) is 99.4 cm³/mol. The van der Waals surface area contributed by atoms with Crippen molar-refractivity contribution in [1.82, 2.24) is 4.90 Å². The van der Waals surface area contributed by atoms with E-state index in [4.69, 9.17) is 5.26 Å². The predicted octanol–water partition coefficient (Wildman–Crippen LogP) is 2.85. The van der Waals surface area contributed by atoms with E-state index in [1.54, 1.807) is 24.3 Å². The molecule has 0 spiro atoms. The molecule has 0 aromatic heterocycles. The second-order valence-electron chi connectivity index (χ2n) is 6.42. The molecule has 0 N–H and O–H groups in total. The Balaban J connectivity index is 1.54. The van der Waals surface area contributed by atoms with E-state index in [1.165, 1.54) is 6.07 Å². The number of anilines is 1. The molecule has 2 aromatic carbocycles. The number of amides is 1. The van der Waals surface area contributed by atoms with Gasteiger partial charge in [-0.05, 0) is 36.2 Å². The number of hydrogen-bond acceptors (Lipinski definition) is 4. The van der Waals surface area contributed by atoms with E-state index in [0.717, 1.165) is 5.56 Å². The smallest absolute Gasteiger partial charge is 0.223 e. The summed E-state index contributed by atoms with van der Waals surface area (Å²) in [4.78, 5) is 16.2. The van der Waals surface area contributed by atoms with E-state index >= 15 is 0 Å². The molecule has 1 saturated heterocycles. The van der Waals surface area contributed by atoms with Crippen LogP contribution in [0.15, 0.2) is 42.5 Å². The zero-order chi connectivity index (χ0) is 19.2. The number of piperazine rings is 1. The molecule has 1 heterocycles. The van der Waals surface area contributed by atoms with Crippen LogP contribution in [0.1, 0.15) is 23.1 Å². The van der Waals surface area contributed by atoms with Crippen molar-refractivity contribution in [3.63, 3.8) is 0 Å². The molecule has 0 atom stereocenters. The lowest BCUT2D eigenvalue weighted by atomic mass is 10.1. The van der Waals surface area contributed by atoms with Crippen LogP contribution in [0.4, 0.5) is 10.1 Å². The Morgan fingerprint density at radius 2 is 1.70 bits per heavy atom. The molecule has 27 heavy (non-hydrogen) atoms. The van der Waals surface area contributed by atoms with Crippen molar-refractivity contribution in [3.8, 4) is 12.1 Å². The zero-order valence-electron chi connectivity index (χ0n) is 14.9. The van der Waals surface area contributed by atoms with E-state index in [2.05, 4.69) is 6.07 Å². The molecular weight excluding hydrogens is 343 g/mol. The van der Waals surface area contributed by atoms with E-state index in [9.17, 15) is 14.4 Å². The molecule has 0 aliphatic carbocycles. The van der Waals surface area contributed by atoms with Crippen LogP contribution in [0.5, 0.6) is 0 Å². The van der Waals surface area contributed by atoms with Gasteiger partial charge in [0.05, 0.1) is 17.3 Å². The van der Waals surface area contributed by atoms with Gasteiger partial charge in [0.25, 0.3) is 0 Å². The Morgan fingerprint density at radius 1 is 1.00 bits per heavy atom. The highest BCUT2D eigenvalue weighted by atomic mass is 19.1. The number of halogens is 1. The molecule has 136 valence electrons. The summed E-state index contributed by atoms with van der Waals surface area (Å²) in [5.74, 6) is -0.435. The van der Waals surface area contributed by atoms with Gasteiger partial charge in [-0.1, -0.05) is 18.2 Å². The minimum Gasteiger partial charge on any atom is -0.367 e. The van der Waals surface area contributed by atoms with Crippen LogP contribution in [-0.4, -0.2) is 37.0 Å². The SMILES string of the molecule is N#Cc1ccc(CCC(=O)N2CCN(c3cccc(F)c3C#N)CC2)cc1. The van der Waals surface area contributed by atoms with Crippen LogP contribution in [0.2, 0.25) is 0 Å². The van der Waals surface area contributed by atoms with Crippen molar-refractivity contribution in [2.45, 2.75) is 12.8 Å². The summed E-state index contributed by atoms with van der Waals surface area (Å²) in [6.45, 7) is 2.24. The highest BCUT2D eigenvalue weighted by Gasteiger charge is 2.23. The first-order valence-corrected chi connectivity index (χ1v) is 8.82. The molecule has 3 rings (SSSR count). The summed E-state index contributed by atoms with van der Waals surface area (Å²) in [5, 5.41) is 18.0. The van der Waals surface area contributed by atoms with Crippen molar-refractivity contribution >= 4 is 11.6 Å². The van der Waals surface area contributed by atoms with Crippen LogP contribution in [0.3, 0.4) is 0 Å². The van der Waals surface area contributed by atoms with Crippen LogP contribution in [0, 0.1) is 28.5 Å². The summed E-state index contributed by atoms with van der Waals surface area (Å²) in [7, 11) is 0. The molecule has 1 fully saturated rings. The molecule has 1 amide bonds. The number of nitriles is 2. The molecule has 1 aliphatic rings. The molecule has 0 saturated carbocycles. The van der Waals surface area contributed by atoms with Crippen molar-refractivity contribution in [2.24, 2.45) is 0 Å². The zero-order valence-corrected chi connectivity index (χ0v) is 14.9. The third-order valence-electron chi connectivity index (χ3n) is 4.79. The number of nitrogens with zero attached hydrogens (tertiary/aromatic N) is 4. The van der Waals surface area contributed by atoms with E-state index in [0.29, 0.717) is 50.3 Å². The maximum Gasteiger partial charge on any atom is 0.223 e. The fraction of sp³-hybridized carbons (Fsp3) is 0.286.